The molecule has 7 rings (SSSR count). The number of likely N-dealkylation sites (tertiary alicyclic amines) is 1. The van der Waals surface area contributed by atoms with E-state index in [0.29, 0.717) is 49.5 Å². The van der Waals surface area contributed by atoms with E-state index in [4.69, 9.17) is 4.74 Å². The summed E-state index contributed by atoms with van der Waals surface area (Å²) in [5.74, 6) is 6.29. The molecular weight excluding hydrogens is 557 g/mol. The van der Waals surface area contributed by atoms with E-state index < -0.39 is 40.8 Å². The summed E-state index contributed by atoms with van der Waals surface area (Å²) in [5, 5.41) is 23.7. The highest BCUT2D eigenvalue weighted by molar-refractivity contribution is 5.94. The maximum atomic E-state index is 13.8. The monoisotopic (exact) mass is 594 g/mol. The summed E-state index contributed by atoms with van der Waals surface area (Å²) in [6.07, 6.45) is -0.177. The van der Waals surface area contributed by atoms with Crippen LogP contribution < -0.4 is 4.74 Å². The number of hydrogen-bond donors (Lipinski definition) is 2. The molecule has 2 heterocycles. The summed E-state index contributed by atoms with van der Waals surface area (Å²) in [5.41, 5.74) is -0.284. The summed E-state index contributed by atoms with van der Waals surface area (Å²) in [6.45, 7) is 6.24. The molecule has 2 saturated carbocycles. The van der Waals surface area contributed by atoms with E-state index in [9.17, 15) is 28.2 Å². The molecule has 2 aliphatic heterocycles. The average molecular weight is 595 g/mol. The number of aromatic hydroxyl groups is 1. The lowest BCUT2D eigenvalue weighted by molar-refractivity contribution is -0.201. The second-order valence-electron chi connectivity index (χ2n) is 13.6. The van der Waals surface area contributed by atoms with Crippen LogP contribution in [0.3, 0.4) is 0 Å². The number of alkyl halides is 3. The molecule has 2 N–H and O–H groups in total. The van der Waals surface area contributed by atoms with Crippen molar-refractivity contribution in [2.45, 2.75) is 87.8 Å². The third-order valence-corrected chi connectivity index (χ3v) is 10.5. The van der Waals surface area contributed by atoms with Crippen molar-refractivity contribution in [1.82, 2.24) is 9.80 Å². The number of benzene rings is 2. The zero-order valence-corrected chi connectivity index (χ0v) is 24.5. The molecule has 1 amide bonds. The number of aliphatic hydroxyl groups is 1. The fourth-order valence-electron chi connectivity index (χ4n) is 8.48. The van der Waals surface area contributed by atoms with Gasteiger partial charge in [0.05, 0.1) is 22.6 Å². The summed E-state index contributed by atoms with van der Waals surface area (Å²) < 4.78 is 45.7. The molecule has 3 fully saturated rings. The first-order chi connectivity index (χ1) is 20.4. The number of phenols is 1. The second-order valence-corrected chi connectivity index (χ2v) is 13.6. The Bertz CT molecular complexity index is 1510. The maximum Gasteiger partial charge on any atom is 0.416 e. The van der Waals surface area contributed by atoms with Gasteiger partial charge in [0.1, 0.15) is 6.10 Å². The van der Waals surface area contributed by atoms with Crippen molar-refractivity contribution in [1.29, 1.82) is 0 Å². The van der Waals surface area contributed by atoms with Crippen LogP contribution in [0, 0.1) is 23.7 Å². The highest BCUT2D eigenvalue weighted by Crippen LogP contribution is 2.66. The van der Waals surface area contributed by atoms with Crippen LogP contribution in [0.4, 0.5) is 13.2 Å². The quantitative estimate of drug-likeness (QED) is 0.483. The Morgan fingerprint density at radius 3 is 2.56 bits per heavy atom. The molecule has 5 atom stereocenters. The lowest BCUT2D eigenvalue weighted by Gasteiger charge is -2.64. The molecule has 228 valence electrons. The lowest BCUT2D eigenvalue weighted by atomic mass is 9.48. The van der Waals surface area contributed by atoms with Crippen molar-refractivity contribution in [3.05, 3.63) is 58.7 Å². The second kappa shape index (κ2) is 9.90. The fraction of sp³-hybridized carbons (Fsp3) is 0.559. The van der Waals surface area contributed by atoms with E-state index in [2.05, 4.69) is 16.7 Å². The van der Waals surface area contributed by atoms with Gasteiger partial charge < -0.3 is 19.8 Å². The number of carbonyl (C=O) groups is 1. The molecule has 5 aliphatic rings. The topological polar surface area (TPSA) is 73.2 Å². The molecule has 0 radical (unpaired) electrons. The standard InChI is InChI=1S/C34H37F3N2O4/c1-20(2)18-39(28(41)12-7-21-5-9-24(10-6-21)34(35,36)37)25-13-14-33(42)27-17-23-8-11-26(40)30-29(23)32(33,31(25)43-30)15-16-38(27)19-22-3-4-22/h5-6,8-11,20,22,25,27,31,40,42H,3-4,13-19H2,1-2H3/t25-,27-,31+,32+,33-/m1/s1. The maximum absolute atomic E-state index is 13.8. The Morgan fingerprint density at radius 1 is 1.14 bits per heavy atom. The average Bonchev–Trinajstić information content (AvgIpc) is 3.70. The third-order valence-electron chi connectivity index (χ3n) is 10.5. The van der Waals surface area contributed by atoms with Gasteiger partial charge in [-0.1, -0.05) is 25.8 Å². The molecule has 0 unspecified atom stereocenters. The molecule has 3 aliphatic carbocycles. The minimum atomic E-state index is -4.45. The molecular formula is C34H37F3N2O4. The van der Waals surface area contributed by atoms with Gasteiger partial charge in [0.15, 0.2) is 11.5 Å². The highest BCUT2D eigenvalue weighted by Gasteiger charge is 2.73. The Hall–Kier alpha value is -3.22. The number of piperidine rings is 1. The van der Waals surface area contributed by atoms with Gasteiger partial charge in [-0.2, -0.15) is 13.2 Å². The zero-order chi connectivity index (χ0) is 30.3. The number of nitrogens with zero attached hydrogens (tertiary/aromatic N) is 2. The van der Waals surface area contributed by atoms with E-state index in [1.54, 1.807) is 11.0 Å². The molecule has 43 heavy (non-hydrogen) atoms. The van der Waals surface area contributed by atoms with Crippen LogP contribution in [0.1, 0.15) is 68.2 Å². The third kappa shape index (κ3) is 4.43. The minimum absolute atomic E-state index is 0.0475. The van der Waals surface area contributed by atoms with Crippen molar-refractivity contribution in [3.8, 4) is 23.3 Å². The van der Waals surface area contributed by atoms with Crippen molar-refractivity contribution in [2.24, 2.45) is 11.8 Å². The number of amides is 1. The van der Waals surface area contributed by atoms with Gasteiger partial charge in [-0.15, -0.1) is 0 Å². The SMILES string of the molecule is CC(C)CN(C(=O)C#Cc1ccc(C(F)(F)F)cc1)[C@@H]1CC[C@@]2(O)[C@H]3Cc4ccc(O)c5c4[C@@]2(CCN3CC2CC2)[C@H]1O5. The molecule has 2 bridgehead atoms. The summed E-state index contributed by atoms with van der Waals surface area (Å²) in [6, 6.07) is 7.65. The van der Waals surface area contributed by atoms with E-state index in [-0.39, 0.29) is 17.7 Å². The molecule has 6 nitrogen and oxygen atoms in total. The smallest absolute Gasteiger partial charge is 0.416 e. The number of hydrogen-bond acceptors (Lipinski definition) is 5. The van der Waals surface area contributed by atoms with Crippen molar-refractivity contribution in [2.75, 3.05) is 19.6 Å². The van der Waals surface area contributed by atoms with Gasteiger partial charge in [-0.05, 0) is 92.8 Å². The predicted octanol–water partition coefficient (Wildman–Crippen LogP) is 4.88. The van der Waals surface area contributed by atoms with Gasteiger partial charge in [0.25, 0.3) is 5.91 Å². The summed E-state index contributed by atoms with van der Waals surface area (Å²) >= 11 is 0. The van der Waals surface area contributed by atoms with Crippen LogP contribution >= 0.6 is 0 Å². The van der Waals surface area contributed by atoms with Crippen LogP contribution in [-0.2, 0) is 22.8 Å². The molecule has 1 spiro atoms. The van der Waals surface area contributed by atoms with Gasteiger partial charge in [-0.3, -0.25) is 9.69 Å². The van der Waals surface area contributed by atoms with Crippen LogP contribution in [0.15, 0.2) is 36.4 Å². The first kappa shape index (κ1) is 28.5. The molecule has 1 saturated heterocycles. The van der Waals surface area contributed by atoms with E-state index in [1.807, 2.05) is 19.9 Å². The molecule has 2 aromatic carbocycles. The van der Waals surface area contributed by atoms with Gasteiger partial charge in [0, 0.05) is 36.2 Å². The Kier molecular flexibility index (Phi) is 6.57. The number of halogens is 3. The number of rotatable bonds is 5. The van der Waals surface area contributed by atoms with Crippen molar-refractivity contribution < 1.29 is 32.9 Å². The molecule has 9 heteroatoms. The van der Waals surface area contributed by atoms with E-state index in [1.165, 1.54) is 25.0 Å². The molecule has 0 aromatic heterocycles. The van der Waals surface area contributed by atoms with E-state index >= 15 is 0 Å². The van der Waals surface area contributed by atoms with Crippen LogP contribution in [0.5, 0.6) is 11.5 Å². The van der Waals surface area contributed by atoms with Gasteiger partial charge in [0.2, 0.25) is 0 Å². The minimum Gasteiger partial charge on any atom is -0.504 e. The Labute approximate surface area is 249 Å². The van der Waals surface area contributed by atoms with Crippen LogP contribution in [0.25, 0.3) is 0 Å². The zero-order valence-electron chi connectivity index (χ0n) is 24.5. The summed E-state index contributed by atoms with van der Waals surface area (Å²) in [4.78, 5) is 18.0. The van der Waals surface area contributed by atoms with Crippen molar-refractivity contribution >= 4 is 5.91 Å². The number of carbonyl (C=O) groups excluding carboxylic acids is 1. The van der Waals surface area contributed by atoms with Crippen LogP contribution in [0.2, 0.25) is 0 Å². The van der Waals surface area contributed by atoms with E-state index in [0.717, 1.165) is 36.3 Å². The van der Waals surface area contributed by atoms with Gasteiger partial charge >= 0.3 is 6.18 Å². The first-order valence-corrected chi connectivity index (χ1v) is 15.4. The number of ether oxygens (including phenoxy) is 1. The lowest BCUT2D eigenvalue weighted by Crippen LogP contribution is -2.78. The highest BCUT2D eigenvalue weighted by atomic mass is 19.4. The first-order valence-electron chi connectivity index (χ1n) is 15.4. The largest absolute Gasteiger partial charge is 0.504 e. The molecule has 2 aromatic rings. The number of phenolic OH excluding ortho intramolecular Hbond substituents is 1. The van der Waals surface area contributed by atoms with Gasteiger partial charge in [-0.25, -0.2) is 0 Å². The Morgan fingerprint density at radius 2 is 1.88 bits per heavy atom. The van der Waals surface area contributed by atoms with Crippen molar-refractivity contribution in [3.63, 3.8) is 0 Å². The fourth-order valence-corrected chi connectivity index (χ4v) is 8.48. The summed E-state index contributed by atoms with van der Waals surface area (Å²) in [7, 11) is 0. The Balaban J connectivity index is 1.25. The van der Waals surface area contributed by atoms with Crippen LogP contribution in [-0.4, -0.2) is 69.3 Å². The predicted molar refractivity (Wildman–Crippen MR) is 153 cm³/mol. The normalized spacial score (nSPS) is 30.7.